The minimum absolute atomic E-state index is 0.0928. The van der Waals surface area contributed by atoms with Crippen molar-refractivity contribution in [3.63, 3.8) is 0 Å². The number of amides is 4. The van der Waals surface area contributed by atoms with Crippen LogP contribution in [0.15, 0.2) is 47.4 Å². The first-order valence-electron chi connectivity index (χ1n) is 10.9. The molecule has 2 aromatic rings. The van der Waals surface area contributed by atoms with Gasteiger partial charge in [-0.1, -0.05) is 23.7 Å². The van der Waals surface area contributed by atoms with Crippen molar-refractivity contribution in [1.82, 2.24) is 9.80 Å². The largest absolute Gasteiger partial charge is 0.484 e. The highest BCUT2D eigenvalue weighted by Crippen LogP contribution is 2.32. The number of rotatable bonds is 7. The molecule has 12 heteroatoms. The Bertz CT molecular complexity index is 1220. The molecule has 4 amide bonds. The first-order valence-corrected chi connectivity index (χ1v) is 12.1. The van der Waals surface area contributed by atoms with E-state index in [0.717, 1.165) is 22.7 Å². The first-order chi connectivity index (χ1) is 17.3. The molecule has 0 bridgehead atoms. The summed E-state index contributed by atoms with van der Waals surface area (Å²) in [6, 6.07) is 10.3. The maximum atomic E-state index is 13.3. The van der Waals surface area contributed by atoms with Crippen LogP contribution < -0.4 is 10.1 Å². The number of carbonyl (C=O) groups is 4. The Morgan fingerprint density at radius 2 is 1.86 bits per heavy atom. The molecule has 0 aliphatic carbocycles. The fourth-order valence-corrected chi connectivity index (χ4v) is 4.43. The summed E-state index contributed by atoms with van der Waals surface area (Å²) >= 11 is 6.42. The van der Waals surface area contributed by atoms with Crippen LogP contribution in [0.3, 0.4) is 0 Å². The second kappa shape index (κ2) is 11.5. The quantitative estimate of drug-likeness (QED) is 0.544. The van der Waals surface area contributed by atoms with Gasteiger partial charge in [-0.3, -0.25) is 24.1 Å². The van der Waals surface area contributed by atoms with Crippen molar-refractivity contribution in [2.45, 2.75) is 0 Å². The first kappa shape index (κ1) is 25.7. The number of ether oxygens (including phenoxy) is 2. The SMILES string of the molecule is O=C(CN1C(=O)S/C(=C/c2ccc(OCC(=O)N3CCOCC3)cc2)C1=O)Nc1ccc(F)c(Cl)c1. The van der Waals surface area contributed by atoms with Crippen molar-refractivity contribution in [3.05, 3.63) is 63.8 Å². The summed E-state index contributed by atoms with van der Waals surface area (Å²) in [5.41, 5.74) is 0.876. The molecule has 0 unspecified atom stereocenters. The van der Waals surface area contributed by atoms with E-state index in [0.29, 0.717) is 37.6 Å². The van der Waals surface area contributed by atoms with E-state index in [1.165, 1.54) is 18.2 Å². The van der Waals surface area contributed by atoms with E-state index in [2.05, 4.69) is 5.32 Å². The summed E-state index contributed by atoms with van der Waals surface area (Å²) in [4.78, 5) is 52.2. The molecular formula is C24H21ClFN3O6S. The third-order valence-electron chi connectivity index (χ3n) is 5.28. The molecule has 4 rings (SSSR count). The van der Waals surface area contributed by atoms with Crippen molar-refractivity contribution in [2.75, 3.05) is 44.8 Å². The van der Waals surface area contributed by atoms with Gasteiger partial charge in [-0.05, 0) is 53.7 Å². The highest BCUT2D eigenvalue weighted by atomic mass is 35.5. The Morgan fingerprint density at radius 3 is 2.56 bits per heavy atom. The van der Waals surface area contributed by atoms with E-state index in [-0.39, 0.29) is 28.1 Å². The van der Waals surface area contributed by atoms with Gasteiger partial charge in [-0.15, -0.1) is 0 Å². The number of halogens is 2. The van der Waals surface area contributed by atoms with Crippen LogP contribution in [-0.4, -0.2) is 72.2 Å². The molecule has 36 heavy (non-hydrogen) atoms. The molecule has 0 atom stereocenters. The number of hydrogen-bond donors (Lipinski definition) is 1. The second-order valence-electron chi connectivity index (χ2n) is 7.80. The maximum Gasteiger partial charge on any atom is 0.294 e. The topological polar surface area (TPSA) is 105 Å². The summed E-state index contributed by atoms with van der Waals surface area (Å²) in [6.45, 7) is 1.52. The molecule has 2 saturated heterocycles. The highest BCUT2D eigenvalue weighted by Gasteiger charge is 2.36. The molecular weight excluding hydrogens is 513 g/mol. The number of morpholine rings is 1. The van der Waals surface area contributed by atoms with Crippen LogP contribution in [0, 0.1) is 5.82 Å². The zero-order chi connectivity index (χ0) is 25.7. The summed E-state index contributed by atoms with van der Waals surface area (Å²) < 4.78 is 24.0. The predicted molar refractivity (Wildman–Crippen MR) is 132 cm³/mol. The molecule has 1 N–H and O–H groups in total. The third-order valence-corrected chi connectivity index (χ3v) is 6.48. The minimum atomic E-state index is -0.633. The molecule has 2 aromatic carbocycles. The Balaban J connectivity index is 1.32. The number of anilines is 1. The fourth-order valence-electron chi connectivity index (χ4n) is 3.42. The van der Waals surface area contributed by atoms with E-state index in [4.69, 9.17) is 21.1 Å². The molecule has 188 valence electrons. The number of hydrogen-bond acceptors (Lipinski definition) is 7. The van der Waals surface area contributed by atoms with E-state index < -0.39 is 29.4 Å². The van der Waals surface area contributed by atoms with Gasteiger partial charge in [0.15, 0.2) is 6.61 Å². The Hall–Kier alpha value is -3.41. The van der Waals surface area contributed by atoms with Crippen molar-refractivity contribution in [3.8, 4) is 5.75 Å². The number of imide groups is 1. The van der Waals surface area contributed by atoms with Gasteiger partial charge < -0.3 is 19.7 Å². The van der Waals surface area contributed by atoms with E-state index in [9.17, 15) is 23.6 Å². The number of carbonyl (C=O) groups excluding carboxylic acids is 4. The van der Waals surface area contributed by atoms with Crippen molar-refractivity contribution in [1.29, 1.82) is 0 Å². The monoisotopic (exact) mass is 533 g/mol. The maximum absolute atomic E-state index is 13.3. The number of nitrogens with one attached hydrogen (secondary N) is 1. The lowest BCUT2D eigenvalue weighted by Crippen LogP contribution is -2.42. The lowest BCUT2D eigenvalue weighted by Gasteiger charge is -2.26. The van der Waals surface area contributed by atoms with Crippen molar-refractivity contribution < 1.29 is 33.0 Å². The van der Waals surface area contributed by atoms with Gasteiger partial charge in [0.1, 0.15) is 18.1 Å². The second-order valence-corrected chi connectivity index (χ2v) is 9.20. The molecule has 0 saturated carbocycles. The van der Waals surface area contributed by atoms with E-state index >= 15 is 0 Å². The molecule has 0 aromatic heterocycles. The van der Waals surface area contributed by atoms with Crippen LogP contribution in [0.25, 0.3) is 6.08 Å². The Labute approximate surface area is 215 Å². The molecule has 2 aliphatic rings. The average Bonchev–Trinajstić information content (AvgIpc) is 3.13. The Kier molecular flexibility index (Phi) is 8.24. The normalized spacial score (nSPS) is 17.0. The average molecular weight is 534 g/mol. The van der Waals surface area contributed by atoms with Crippen molar-refractivity contribution >= 4 is 58.1 Å². The van der Waals surface area contributed by atoms with E-state index in [1.807, 2.05) is 0 Å². The number of benzene rings is 2. The molecule has 9 nitrogen and oxygen atoms in total. The van der Waals surface area contributed by atoms with Crippen LogP contribution in [0.4, 0.5) is 14.9 Å². The standard InChI is InChI=1S/C24H21ClFN3O6S/c25-18-12-16(3-6-19(18)26)27-21(30)13-29-23(32)20(36-24(29)33)11-15-1-4-17(5-2-15)35-14-22(31)28-7-9-34-10-8-28/h1-6,11-12H,7-10,13-14H2,(H,27,30)/b20-11+. The fraction of sp³-hybridized carbons (Fsp3) is 0.250. The summed E-state index contributed by atoms with van der Waals surface area (Å²) in [7, 11) is 0. The van der Waals surface area contributed by atoms with Gasteiger partial charge in [0.05, 0.1) is 23.1 Å². The summed E-state index contributed by atoms with van der Waals surface area (Å²) in [5.74, 6) is -1.50. The van der Waals surface area contributed by atoms with Crippen molar-refractivity contribution in [2.24, 2.45) is 0 Å². The van der Waals surface area contributed by atoms with Gasteiger partial charge in [-0.25, -0.2) is 4.39 Å². The van der Waals surface area contributed by atoms with Crippen LogP contribution in [0.2, 0.25) is 5.02 Å². The van der Waals surface area contributed by atoms with Gasteiger partial charge in [-0.2, -0.15) is 0 Å². The number of thioether (sulfide) groups is 1. The lowest BCUT2D eigenvalue weighted by molar-refractivity contribution is -0.137. The molecule has 0 spiro atoms. The van der Waals surface area contributed by atoms with Crippen LogP contribution in [0.5, 0.6) is 5.75 Å². The molecule has 2 fully saturated rings. The van der Waals surface area contributed by atoms with Gasteiger partial charge >= 0.3 is 0 Å². The van der Waals surface area contributed by atoms with Gasteiger partial charge in [0, 0.05) is 18.8 Å². The van der Waals surface area contributed by atoms with Gasteiger partial charge in [0.2, 0.25) is 5.91 Å². The van der Waals surface area contributed by atoms with E-state index in [1.54, 1.807) is 29.2 Å². The van der Waals surface area contributed by atoms with Gasteiger partial charge in [0.25, 0.3) is 17.1 Å². The lowest BCUT2D eigenvalue weighted by atomic mass is 10.2. The summed E-state index contributed by atoms with van der Waals surface area (Å²) in [6.07, 6.45) is 1.53. The third kappa shape index (κ3) is 6.42. The Morgan fingerprint density at radius 1 is 1.14 bits per heavy atom. The smallest absolute Gasteiger partial charge is 0.294 e. The molecule has 0 radical (unpaired) electrons. The zero-order valence-electron chi connectivity index (χ0n) is 18.9. The van der Waals surface area contributed by atoms with Crippen LogP contribution in [-0.2, 0) is 19.1 Å². The molecule has 2 heterocycles. The molecule has 2 aliphatic heterocycles. The van der Waals surface area contributed by atoms with Crippen LogP contribution >= 0.6 is 23.4 Å². The summed E-state index contributed by atoms with van der Waals surface area (Å²) in [5, 5.41) is 1.73. The predicted octanol–water partition coefficient (Wildman–Crippen LogP) is 3.39. The zero-order valence-corrected chi connectivity index (χ0v) is 20.4. The minimum Gasteiger partial charge on any atom is -0.484 e. The highest BCUT2D eigenvalue weighted by molar-refractivity contribution is 8.18. The van der Waals surface area contributed by atoms with Crippen LogP contribution in [0.1, 0.15) is 5.56 Å². The number of nitrogens with zero attached hydrogens (tertiary/aromatic N) is 2.